The van der Waals surface area contributed by atoms with Crippen LogP contribution in [0.5, 0.6) is 5.75 Å². The Morgan fingerprint density at radius 1 is 1.46 bits per heavy atom. The first-order valence-electron chi connectivity index (χ1n) is 3.48. The van der Waals surface area contributed by atoms with E-state index < -0.39 is 5.97 Å². The van der Waals surface area contributed by atoms with Crippen LogP contribution in [0.4, 0.5) is 0 Å². The molecule has 66 valence electrons. The Morgan fingerprint density at radius 2 is 2.23 bits per heavy atom. The van der Waals surface area contributed by atoms with Crippen molar-refractivity contribution in [2.45, 2.75) is 0 Å². The number of hydrogen-bond acceptors (Lipinski definition) is 4. The lowest BCUT2D eigenvalue weighted by Gasteiger charge is -1.97. The van der Waals surface area contributed by atoms with Crippen LogP contribution in [-0.2, 0) is 0 Å². The van der Waals surface area contributed by atoms with Crippen LogP contribution in [0, 0.1) is 0 Å². The van der Waals surface area contributed by atoms with Crippen molar-refractivity contribution in [3.05, 3.63) is 23.2 Å². The first-order chi connectivity index (χ1) is 6.18. The topological polar surface area (TPSA) is 70.4 Å². The van der Waals surface area contributed by atoms with Gasteiger partial charge in [0.2, 0.25) is 0 Å². The molecular weight excluding hydrogens is 190 g/mol. The molecule has 2 aromatic rings. The second-order valence-corrected chi connectivity index (χ2v) is 3.38. The van der Waals surface area contributed by atoms with E-state index in [1.165, 1.54) is 23.5 Å². The smallest absolute Gasteiger partial charge is 0.339 e. The summed E-state index contributed by atoms with van der Waals surface area (Å²) in [6, 6.07) is 2.78. The van der Waals surface area contributed by atoms with Gasteiger partial charge in [-0.05, 0) is 6.07 Å². The maximum absolute atomic E-state index is 10.6. The SMILES string of the molecule is O=C(O)c1cc2scnc2cc1O. The number of nitrogens with zero attached hydrogens (tertiary/aromatic N) is 1. The van der Waals surface area contributed by atoms with E-state index in [4.69, 9.17) is 5.11 Å². The van der Waals surface area contributed by atoms with Crippen LogP contribution in [0.2, 0.25) is 0 Å². The van der Waals surface area contributed by atoms with E-state index in [-0.39, 0.29) is 11.3 Å². The molecule has 0 unspecified atom stereocenters. The summed E-state index contributed by atoms with van der Waals surface area (Å²) in [5.41, 5.74) is 2.14. The molecule has 2 rings (SSSR count). The van der Waals surface area contributed by atoms with Gasteiger partial charge in [-0.1, -0.05) is 0 Å². The van der Waals surface area contributed by atoms with Gasteiger partial charge in [-0.3, -0.25) is 0 Å². The van der Waals surface area contributed by atoms with Crippen molar-refractivity contribution in [3.63, 3.8) is 0 Å². The van der Waals surface area contributed by atoms with E-state index in [0.717, 1.165) is 4.70 Å². The molecule has 0 aliphatic rings. The van der Waals surface area contributed by atoms with Crippen LogP contribution in [0.1, 0.15) is 10.4 Å². The van der Waals surface area contributed by atoms with Gasteiger partial charge in [0.1, 0.15) is 11.3 Å². The maximum Gasteiger partial charge on any atom is 0.339 e. The van der Waals surface area contributed by atoms with Crippen LogP contribution in [0.15, 0.2) is 17.6 Å². The first-order valence-corrected chi connectivity index (χ1v) is 4.36. The molecule has 1 aromatic carbocycles. The number of aromatic carboxylic acids is 1. The zero-order valence-electron chi connectivity index (χ0n) is 6.39. The van der Waals surface area contributed by atoms with E-state index in [9.17, 15) is 9.90 Å². The lowest BCUT2D eigenvalue weighted by Crippen LogP contribution is -1.95. The van der Waals surface area contributed by atoms with Gasteiger partial charge in [-0.25, -0.2) is 9.78 Å². The average molecular weight is 195 g/mol. The normalized spacial score (nSPS) is 10.5. The van der Waals surface area contributed by atoms with Gasteiger partial charge in [0, 0.05) is 6.07 Å². The molecule has 0 spiro atoms. The number of fused-ring (bicyclic) bond motifs is 1. The largest absolute Gasteiger partial charge is 0.507 e. The number of thiazole rings is 1. The molecule has 2 N–H and O–H groups in total. The molecule has 0 amide bonds. The highest BCUT2D eigenvalue weighted by Gasteiger charge is 2.11. The molecule has 1 heterocycles. The van der Waals surface area contributed by atoms with E-state index in [1.54, 1.807) is 5.51 Å². The zero-order chi connectivity index (χ0) is 9.42. The Labute approximate surface area is 77.1 Å². The van der Waals surface area contributed by atoms with Crippen molar-refractivity contribution in [1.29, 1.82) is 0 Å². The molecular formula is C8H5NO3S. The second kappa shape index (κ2) is 2.70. The summed E-state index contributed by atoms with van der Waals surface area (Å²) < 4.78 is 0.759. The zero-order valence-corrected chi connectivity index (χ0v) is 7.21. The van der Waals surface area contributed by atoms with Crippen molar-refractivity contribution in [2.75, 3.05) is 0 Å². The molecule has 0 aliphatic heterocycles. The van der Waals surface area contributed by atoms with E-state index in [2.05, 4.69) is 4.98 Å². The van der Waals surface area contributed by atoms with Crippen LogP contribution in [0.25, 0.3) is 10.2 Å². The van der Waals surface area contributed by atoms with Crippen LogP contribution < -0.4 is 0 Å². The lowest BCUT2D eigenvalue weighted by atomic mass is 10.2. The number of carbonyl (C=O) groups is 1. The molecule has 1 aromatic heterocycles. The van der Waals surface area contributed by atoms with Crippen molar-refractivity contribution in [1.82, 2.24) is 4.98 Å². The molecule has 0 bridgehead atoms. The summed E-state index contributed by atoms with van der Waals surface area (Å²) in [5, 5.41) is 18.0. The van der Waals surface area contributed by atoms with Crippen LogP contribution >= 0.6 is 11.3 Å². The summed E-state index contributed by atoms with van der Waals surface area (Å²) in [7, 11) is 0. The van der Waals surface area contributed by atoms with Gasteiger partial charge in [0.25, 0.3) is 0 Å². The Balaban J connectivity index is 2.76. The number of benzene rings is 1. The lowest BCUT2D eigenvalue weighted by molar-refractivity contribution is 0.0694. The minimum Gasteiger partial charge on any atom is -0.507 e. The van der Waals surface area contributed by atoms with Crippen molar-refractivity contribution in [3.8, 4) is 5.75 Å². The summed E-state index contributed by atoms with van der Waals surface area (Å²) in [6.07, 6.45) is 0. The maximum atomic E-state index is 10.6. The third kappa shape index (κ3) is 1.23. The number of carboxylic acids is 1. The molecule has 0 radical (unpaired) electrons. The fourth-order valence-corrected chi connectivity index (χ4v) is 1.76. The van der Waals surface area contributed by atoms with Crippen molar-refractivity contribution >= 4 is 27.5 Å². The van der Waals surface area contributed by atoms with Gasteiger partial charge >= 0.3 is 5.97 Å². The van der Waals surface area contributed by atoms with E-state index in [0.29, 0.717) is 5.52 Å². The first kappa shape index (κ1) is 8.00. The van der Waals surface area contributed by atoms with Crippen LogP contribution in [0.3, 0.4) is 0 Å². The highest BCUT2D eigenvalue weighted by Crippen LogP contribution is 2.26. The highest BCUT2D eigenvalue weighted by atomic mass is 32.1. The van der Waals surface area contributed by atoms with Crippen LogP contribution in [-0.4, -0.2) is 21.2 Å². The number of aromatic hydroxyl groups is 1. The third-order valence-corrected chi connectivity index (χ3v) is 2.47. The third-order valence-electron chi connectivity index (χ3n) is 1.68. The Kier molecular flexibility index (Phi) is 1.66. The number of rotatable bonds is 1. The molecule has 0 atom stereocenters. The minimum atomic E-state index is -1.13. The fraction of sp³-hybridized carbons (Fsp3) is 0. The predicted molar refractivity (Wildman–Crippen MR) is 48.2 cm³/mol. The molecule has 0 saturated carbocycles. The minimum absolute atomic E-state index is 0.0863. The average Bonchev–Trinajstić information content (AvgIpc) is 2.48. The predicted octanol–water partition coefficient (Wildman–Crippen LogP) is 1.70. The second-order valence-electron chi connectivity index (χ2n) is 2.49. The van der Waals surface area contributed by atoms with Gasteiger partial charge < -0.3 is 10.2 Å². The molecule has 0 saturated heterocycles. The summed E-state index contributed by atoms with van der Waals surface area (Å²) in [4.78, 5) is 14.6. The fourth-order valence-electron chi connectivity index (χ4n) is 1.06. The van der Waals surface area contributed by atoms with E-state index in [1.807, 2.05) is 0 Å². The number of hydrogen-bond donors (Lipinski definition) is 2. The summed E-state index contributed by atoms with van der Waals surface area (Å²) >= 11 is 1.34. The number of aromatic nitrogens is 1. The Bertz CT molecular complexity index is 477. The van der Waals surface area contributed by atoms with Gasteiger partial charge in [0.05, 0.1) is 15.7 Å². The monoisotopic (exact) mass is 195 g/mol. The molecule has 13 heavy (non-hydrogen) atoms. The quantitative estimate of drug-likeness (QED) is 0.726. The van der Waals surface area contributed by atoms with E-state index >= 15 is 0 Å². The van der Waals surface area contributed by atoms with Gasteiger partial charge in [-0.2, -0.15) is 0 Å². The standard InChI is InChI=1S/C8H5NO3S/c10-6-2-5-7(13-3-9-5)1-4(6)8(11)12/h1-3,10H,(H,11,12). The summed E-state index contributed by atoms with van der Waals surface area (Å²) in [5.74, 6) is -1.38. The van der Waals surface area contributed by atoms with Gasteiger partial charge in [-0.15, -0.1) is 11.3 Å². The number of carboxylic acid groups (broad SMARTS) is 1. The van der Waals surface area contributed by atoms with Crippen molar-refractivity contribution < 1.29 is 15.0 Å². The number of phenols is 1. The van der Waals surface area contributed by atoms with Crippen molar-refractivity contribution in [2.24, 2.45) is 0 Å². The Morgan fingerprint density at radius 3 is 2.92 bits per heavy atom. The summed E-state index contributed by atoms with van der Waals surface area (Å²) in [6.45, 7) is 0. The molecule has 5 heteroatoms. The Hall–Kier alpha value is -1.62. The molecule has 4 nitrogen and oxygen atoms in total. The molecule has 0 aliphatic carbocycles. The highest BCUT2D eigenvalue weighted by molar-refractivity contribution is 7.16. The van der Waals surface area contributed by atoms with Gasteiger partial charge in [0.15, 0.2) is 0 Å². The molecule has 0 fully saturated rings.